The number of hydrogen-bond donors (Lipinski definition) is 1. The van der Waals surface area contributed by atoms with E-state index in [2.05, 4.69) is 13.8 Å². The van der Waals surface area contributed by atoms with Crippen molar-refractivity contribution in [2.75, 3.05) is 0 Å². The average molecular weight is 157 g/mol. The van der Waals surface area contributed by atoms with Crippen LogP contribution in [0.5, 0.6) is 0 Å². The van der Waals surface area contributed by atoms with E-state index in [1.807, 2.05) is 0 Å². The van der Waals surface area contributed by atoms with Gasteiger partial charge in [0.05, 0.1) is 5.92 Å². The molecule has 2 unspecified atom stereocenters. The number of carboxylic acid groups (broad SMARTS) is 1. The Balaban J connectivity index is 3.45. The third-order valence-corrected chi connectivity index (χ3v) is 2.01. The Hall–Kier alpha value is -0.530. The molecule has 0 heterocycles. The minimum Gasteiger partial charge on any atom is -0.481 e. The van der Waals surface area contributed by atoms with Crippen LogP contribution in [-0.4, -0.2) is 11.1 Å². The van der Waals surface area contributed by atoms with E-state index < -0.39 is 5.97 Å². The maximum atomic E-state index is 10.4. The summed E-state index contributed by atoms with van der Waals surface area (Å²) in [7, 11) is 0. The van der Waals surface area contributed by atoms with Crippen molar-refractivity contribution < 1.29 is 9.90 Å². The molecular weight excluding hydrogens is 140 g/mol. The Kier molecular flexibility index (Phi) is 4.92. The second kappa shape index (κ2) is 5.16. The first-order valence-electron chi connectivity index (χ1n) is 4.13. The number of hydrogen-bond acceptors (Lipinski definition) is 1. The number of carboxylic acids is 1. The molecule has 0 bridgehead atoms. The number of carbonyl (C=O) groups is 1. The summed E-state index contributed by atoms with van der Waals surface area (Å²) in [5, 5.41) is 8.55. The highest BCUT2D eigenvalue weighted by molar-refractivity contribution is 5.69. The Bertz CT molecular complexity index is 121. The lowest BCUT2D eigenvalue weighted by molar-refractivity contribution is -0.141. The third kappa shape index (κ3) is 4.82. The summed E-state index contributed by atoms with van der Waals surface area (Å²) in [5.41, 5.74) is 0. The lowest BCUT2D eigenvalue weighted by Gasteiger charge is -2.09. The molecule has 0 aliphatic heterocycles. The standard InChI is InChI=1S/C9H17O2/c1-4-7(2)5-6-8(3)9(10)11/h7-8H,2,4-6H2,1,3H3,(H,10,11). The van der Waals surface area contributed by atoms with Gasteiger partial charge < -0.3 is 5.11 Å². The molecule has 11 heavy (non-hydrogen) atoms. The summed E-state index contributed by atoms with van der Waals surface area (Å²) in [6.45, 7) is 7.71. The lowest BCUT2D eigenvalue weighted by atomic mass is 9.97. The van der Waals surface area contributed by atoms with Crippen LogP contribution in [0, 0.1) is 18.8 Å². The molecule has 0 spiro atoms. The van der Waals surface area contributed by atoms with Gasteiger partial charge in [0.1, 0.15) is 0 Å². The van der Waals surface area contributed by atoms with Crippen LogP contribution in [0.25, 0.3) is 0 Å². The van der Waals surface area contributed by atoms with E-state index in [0.29, 0.717) is 5.92 Å². The minimum atomic E-state index is -0.701. The molecule has 0 fully saturated rings. The van der Waals surface area contributed by atoms with E-state index in [-0.39, 0.29) is 5.92 Å². The van der Waals surface area contributed by atoms with Crippen LogP contribution in [0.2, 0.25) is 0 Å². The molecule has 1 N–H and O–H groups in total. The van der Waals surface area contributed by atoms with Crippen molar-refractivity contribution in [1.29, 1.82) is 0 Å². The van der Waals surface area contributed by atoms with E-state index in [1.165, 1.54) is 0 Å². The molecule has 0 saturated heterocycles. The van der Waals surface area contributed by atoms with Crippen molar-refractivity contribution in [2.45, 2.75) is 33.1 Å². The van der Waals surface area contributed by atoms with Gasteiger partial charge in [-0.1, -0.05) is 27.2 Å². The van der Waals surface area contributed by atoms with Gasteiger partial charge in [-0.15, -0.1) is 0 Å². The van der Waals surface area contributed by atoms with Gasteiger partial charge in [0.2, 0.25) is 0 Å². The number of aliphatic carboxylic acids is 1. The van der Waals surface area contributed by atoms with Crippen LogP contribution < -0.4 is 0 Å². The molecule has 1 radical (unpaired) electrons. The van der Waals surface area contributed by atoms with Gasteiger partial charge in [0.15, 0.2) is 0 Å². The van der Waals surface area contributed by atoms with E-state index >= 15 is 0 Å². The molecule has 0 aromatic rings. The quantitative estimate of drug-likeness (QED) is 0.665. The predicted molar refractivity (Wildman–Crippen MR) is 45.2 cm³/mol. The lowest BCUT2D eigenvalue weighted by Crippen LogP contribution is -2.10. The molecule has 0 saturated carbocycles. The molecule has 2 atom stereocenters. The van der Waals surface area contributed by atoms with E-state index in [0.717, 1.165) is 19.3 Å². The van der Waals surface area contributed by atoms with Crippen molar-refractivity contribution in [1.82, 2.24) is 0 Å². The summed E-state index contributed by atoms with van der Waals surface area (Å²) in [5.74, 6) is -0.504. The van der Waals surface area contributed by atoms with Crippen LogP contribution in [0.4, 0.5) is 0 Å². The van der Waals surface area contributed by atoms with Crippen LogP contribution in [0.15, 0.2) is 0 Å². The van der Waals surface area contributed by atoms with Crippen molar-refractivity contribution in [2.24, 2.45) is 11.8 Å². The molecular formula is C9H17O2. The van der Waals surface area contributed by atoms with Crippen LogP contribution in [-0.2, 0) is 4.79 Å². The molecule has 2 nitrogen and oxygen atoms in total. The monoisotopic (exact) mass is 157 g/mol. The van der Waals surface area contributed by atoms with Gasteiger partial charge >= 0.3 is 5.97 Å². The van der Waals surface area contributed by atoms with Gasteiger partial charge in [0, 0.05) is 0 Å². The van der Waals surface area contributed by atoms with Gasteiger partial charge in [-0.05, 0) is 18.8 Å². The largest absolute Gasteiger partial charge is 0.481 e. The molecule has 2 heteroatoms. The first kappa shape index (κ1) is 10.5. The van der Waals surface area contributed by atoms with Gasteiger partial charge in [-0.25, -0.2) is 0 Å². The van der Waals surface area contributed by atoms with Gasteiger partial charge in [0.25, 0.3) is 0 Å². The van der Waals surface area contributed by atoms with E-state index in [9.17, 15) is 4.79 Å². The molecule has 65 valence electrons. The number of rotatable bonds is 5. The SMILES string of the molecule is [CH2]C(CC)CCC(C)C(=O)O. The summed E-state index contributed by atoms with van der Waals surface area (Å²) < 4.78 is 0. The van der Waals surface area contributed by atoms with Crippen molar-refractivity contribution >= 4 is 5.97 Å². The van der Waals surface area contributed by atoms with Crippen molar-refractivity contribution in [3.63, 3.8) is 0 Å². The molecule has 0 aliphatic rings. The van der Waals surface area contributed by atoms with E-state index in [4.69, 9.17) is 5.11 Å². The molecule has 0 aromatic carbocycles. The third-order valence-electron chi connectivity index (χ3n) is 2.01. The molecule has 0 amide bonds. The van der Waals surface area contributed by atoms with Crippen molar-refractivity contribution in [3.05, 3.63) is 6.92 Å². The molecule has 0 aromatic heterocycles. The first-order chi connectivity index (χ1) is 5.07. The predicted octanol–water partition coefficient (Wildman–Crippen LogP) is 2.35. The Morgan fingerprint density at radius 3 is 2.45 bits per heavy atom. The van der Waals surface area contributed by atoms with Crippen LogP contribution in [0.1, 0.15) is 33.1 Å². The maximum Gasteiger partial charge on any atom is 0.306 e. The highest BCUT2D eigenvalue weighted by Gasteiger charge is 2.11. The first-order valence-corrected chi connectivity index (χ1v) is 4.13. The molecule has 0 rings (SSSR count). The van der Waals surface area contributed by atoms with Gasteiger partial charge in [-0.3, -0.25) is 4.79 Å². The fourth-order valence-electron chi connectivity index (χ4n) is 0.813. The van der Waals surface area contributed by atoms with Crippen LogP contribution >= 0.6 is 0 Å². The Morgan fingerprint density at radius 2 is 2.09 bits per heavy atom. The fraction of sp³-hybridized carbons (Fsp3) is 0.778. The maximum absolute atomic E-state index is 10.4. The summed E-state index contributed by atoms with van der Waals surface area (Å²) in [6.07, 6.45) is 2.70. The fourth-order valence-corrected chi connectivity index (χ4v) is 0.813. The second-order valence-electron chi connectivity index (χ2n) is 3.09. The van der Waals surface area contributed by atoms with E-state index in [1.54, 1.807) is 6.92 Å². The molecule has 0 aliphatic carbocycles. The normalized spacial score (nSPS) is 15.9. The zero-order valence-electron chi connectivity index (χ0n) is 7.34. The summed E-state index contributed by atoms with van der Waals surface area (Å²) in [4.78, 5) is 10.4. The summed E-state index contributed by atoms with van der Waals surface area (Å²) >= 11 is 0. The minimum absolute atomic E-state index is 0.217. The Morgan fingerprint density at radius 1 is 1.55 bits per heavy atom. The van der Waals surface area contributed by atoms with Crippen LogP contribution in [0.3, 0.4) is 0 Å². The zero-order valence-corrected chi connectivity index (χ0v) is 7.34. The smallest absolute Gasteiger partial charge is 0.306 e. The second-order valence-corrected chi connectivity index (χ2v) is 3.09. The topological polar surface area (TPSA) is 37.3 Å². The average Bonchev–Trinajstić information content (AvgIpc) is 1.99. The summed E-state index contributed by atoms with van der Waals surface area (Å²) in [6, 6.07) is 0. The highest BCUT2D eigenvalue weighted by Crippen LogP contribution is 2.14. The highest BCUT2D eigenvalue weighted by atomic mass is 16.4. The van der Waals surface area contributed by atoms with Gasteiger partial charge in [-0.2, -0.15) is 0 Å². The van der Waals surface area contributed by atoms with Crippen molar-refractivity contribution in [3.8, 4) is 0 Å². The Labute approximate surface area is 68.6 Å². The zero-order chi connectivity index (χ0) is 8.85.